The monoisotopic (exact) mass is 326 g/mol. The van der Waals surface area contributed by atoms with Crippen LogP contribution in [0, 0.1) is 11.2 Å². The second-order valence-corrected chi connectivity index (χ2v) is 6.64. The Morgan fingerprint density at radius 2 is 2.00 bits per heavy atom. The zero-order valence-electron chi connectivity index (χ0n) is 12.3. The molecule has 0 saturated heterocycles. The number of benzene rings is 1. The molecule has 2 N–H and O–H groups in total. The van der Waals surface area contributed by atoms with Gasteiger partial charge in [-0.05, 0) is 19.9 Å². The lowest BCUT2D eigenvalue weighted by atomic mass is 9.87. The number of Topliss-reactive ketones (excluding diaryl/α,β-unsaturated/α-hetero) is 1. The van der Waals surface area contributed by atoms with Crippen molar-refractivity contribution in [1.29, 1.82) is 0 Å². The number of thiophene rings is 1. The fourth-order valence-corrected chi connectivity index (χ4v) is 2.99. The van der Waals surface area contributed by atoms with Crippen molar-refractivity contribution in [2.75, 3.05) is 7.11 Å². The minimum atomic E-state index is -1.20. The number of ether oxygens (including phenoxy) is 1. The Morgan fingerprint density at radius 1 is 1.36 bits per heavy atom. The number of ketones is 1. The number of hydrogen-bond donors (Lipinski definition) is 2. The first-order valence-electron chi connectivity index (χ1n) is 6.43. The van der Waals surface area contributed by atoms with Crippen molar-refractivity contribution < 1.29 is 28.9 Å². The molecule has 5 nitrogen and oxygen atoms in total. The van der Waals surface area contributed by atoms with E-state index in [0.29, 0.717) is 4.70 Å². The first-order valence-corrected chi connectivity index (χ1v) is 7.24. The van der Waals surface area contributed by atoms with Crippen LogP contribution in [0.2, 0.25) is 0 Å². The number of carbonyl (C=O) groups is 2. The molecule has 0 aliphatic rings. The fourth-order valence-electron chi connectivity index (χ4n) is 1.96. The molecular formula is C15H15FO5S. The Labute approximate surface area is 129 Å². The minimum absolute atomic E-state index is 0.0169. The van der Waals surface area contributed by atoms with Gasteiger partial charge in [0.1, 0.15) is 0 Å². The summed E-state index contributed by atoms with van der Waals surface area (Å²) in [5.74, 6) is -2.95. The van der Waals surface area contributed by atoms with Crippen molar-refractivity contribution in [2.24, 2.45) is 5.41 Å². The standard InChI is InChI=1S/C15H15FO5S/c1-15(2,14(19)20)6-8(17)11-4-7-10(22-11)5-9(21-3)13(18)12(7)16/h4-5,18H,6H2,1-3H3,(H,19,20). The largest absolute Gasteiger partial charge is 0.502 e. The van der Waals surface area contributed by atoms with Gasteiger partial charge in [-0.2, -0.15) is 0 Å². The molecule has 0 saturated carbocycles. The average molecular weight is 326 g/mol. The van der Waals surface area contributed by atoms with Gasteiger partial charge in [-0.3, -0.25) is 9.59 Å². The van der Waals surface area contributed by atoms with Crippen LogP contribution in [-0.4, -0.2) is 29.1 Å². The Hall–Kier alpha value is -2.15. The third kappa shape index (κ3) is 2.76. The molecule has 0 aliphatic heterocycles. The highest BCUT2D eigenvalue weighted by atomic mass is 32.1. The first-order chi connectivity index (χ1) is 10.2. The van der Waals surface area contributed by atoms with Crippen molar-refractivity contribution >= 4 is 33.2 Å². The quantitative estimate of drug-likeness (QED) is 0.822. The number of aromatic hydroxyl groups is 1. The van der Waals surface area contributed by atoms with Gasteiger partial charge in [-0.1, -0.05) is 0 Å². The van der Waals surface area contributed by atoms with Crippen molar-refractivity contribution in [1.82, 2.24) is 0 Å². The number of carbonyl (C=O) groups excluding carboxylic acids is 1. The second-order valence-electron chi connectivity index (χ2n) is 5.55. The van der Waals surface area contributed by atoms with E-state index in [4.69, 9.17) is 9.84 Å². The van der Waals surface area contributed by atoms with E-state index in [1.165, 1.54) is 33.1 Å². The zero-order chi connectivity index (χ0) is 16.7. The number of phenols is 1. The minimum Gasteiger partial charge on any atom is -0.502 e. The molecule has 0 unspecified atom stereocenters. The zero-order valence-corrected chi connectivity index (χ0v) is 13.1. The highest BCUT2D eigenvalue weighted by Gasteiger charge is 2.31. The van der Waals surface area contributed by atoms with Gasteiger partial charge in [0.2, 0.25) is 0 Å². The van der Waals surface area contributed by atoms with Crippen LogP contribution in [0.25, 0.3) is 10.1 Å². The smallest absolute Gasteiger partial charge is 0.309 e. The molecule has 0 bridgehead atoms. The third-order valence-electron chi connectivity index (χ3n) is 3.38. The number of phenolic OH excluding ortho intramolecular Hbond substituents is 1. The van der Waals surface area contributed by atoms with Crippen LogP contribution >= 0.6 is 11.3 Å². The molecule has 0 spiro atoms. The van der Waals surface area contributed by atoms with Crippen molar-refractivity contribution in [2.45, 2.75) is 20.3 Å². The predicted octanol–water partition coefficient (Wildman–Crippen LogP) is 3.44. The lowest BCUT2D eigenvalue weighted by molar-refractivity contribution is -0.146. The number of methoxy groups -OCH3 is 1. The summed E-state index contributed by atoms with van der Waals surface area (Å²) in [5.41, 5.74) is -1.20. The Morgan fingerprint density at radius 3 is 2.55 bits per heavy atom. The maximum atomic E-state index is 14.1. The van der Waals surface area contributed by atoms with Gasteiger partial charge in [0.15, 0.2) is 23.1 Å². The van der Waals surface area contributed by atoms with E-state index in [1.807, 2.05) is 0 Å². The molecule has 0 aliphatic carbocycles. The fraction of sp³-hybridized carbons (Fsp3) is 0.333. The van der Waals surface area contributed by atoms with E-state index in [0.717, 1.165) is 11.3 Å². The number of carboxylic acids is 1. The van der Waals surface area contributed by atoms with Crippen LogP contribution in [0.5, 0.6) is 11.5 Å². The SMILES string of the molecule is COc1cc2sc(C(=O)CC(C)(C)C(=O)O)cc2c(F)c1O. The highest BCUT2D eigenvalue weighted by Crippen LogP contribution is 2.39. The molecule has 118 valence electrons. The van der Waals surface area contributed by atoms with E-state index in [-0.39, 0.29) is 28.2 Å². The van der Waals surface area contributed by atoms with Crippen molar-refractivity contribution in [3.05, 3.63) is 22.8 Å². The number of aliphatic carboxylic acids is 1. The highest BCUT2D eigenvalue weighted by molar-refractivity contribution is 7.20. The third-order valence-corrected chi connectivity index (χ3v) is 4.50. The van der Waals surface area contributed by atoms with Crippen molar-refractivity contribution in [3.63, 3.8) is 0 Å². The average Bonchev–Trinajstić information content (AvgIpc) is 2.86. The van der Waals surface area contributed by atoms with Gasteiger partial charge < -0.3 is 14.9 Å². The predicted molar refractivity (Wildman–Crippen MR) is 80.4 cm³/mol. The van der Waals surface area contributed by atoms with E-state index >= 15 is 0 Å². The molecule has 1 aromatic carbocycles. The summed E-state index contributed by atoms with van der Waals surface area (Å²) in [4.78, 5) is 23.5. The molecule has 0 radical (unpaired) electrons. The van der Waals surface area contributed by atoms with E-state index in [2.05, 4.69) is 0 Å². The van der Waals surface area contributed by atoms with Gasteiger partial charge in [0.25, 0.3) is 0 Å². The van der Waals surface area contributed by atoms with Crippen LogP contribution in [-0.2, 0) is 4.79 Å². The van der Waals surface area contributed by atoms with Gasteiger partial charge in [-0.15, -0.1) is 11.3 Å². The number of fused-ring (bicyclic) bond motifs is 1. The summed E-state index contributed by atoms with van der Waals surface area (Å²) < 4.78 is 19.4. The molecule has 0 fully saturated rings. The van der Waals surface area contributed by atoms with E-state index in [1.54, 1.807) is 0 Å². The van der Waals surface area contributed by atoms with E-state index in [9.17, 15) is 19.1 Å². The molecular weight excluding hydrogens is 311 g/mol. The Balaban J connectivity index is 2.44. The molecule has 0 atom stereocenters. The summed E-state index contributed by atoms with van der Waals surface area (Å²) in [6.45, 7) is 2.91. The molecule has 7 heteroatoms. The van der Waals surface area contributed by atoms with Crippen LogP contribution in [0.1, 0.15) is 29.9 Å². The molecule has 2 rings (SSSR count). The van der Waals surface area contributed by atoms with Crippen LogP contribution in [0.3, 0.4) is 0 Å². The summed E-state index contributed by atoms with van der Waals surface area (Å²) in [6, 6.07) is 2.77. The molecule has 0 amide bonds. The van der Waals surface area contributed by atoms with Crippen molar-refractivity contribution in [3.8, 4) is 11.5 Å². The van der Waals surface area contributed by atoms with Crippen LogP contribution in [0.15, 0.2) is 12.1 Å². The van der Waals surface area contributed by atoms with Crippen LogP contribution < -0.4 is 4.74 Å². The van der Waals surface area contributed by atoms with Gasteiger partial charge >= 0.3 is 5.97 Å². The van der Waals surface area contributed by atoms with Gasteiger partial charge in [0, 0.05) is 22.6 Å². The molecule has 2 aromatic rings. The Kier molecular flexibility index (Phi) is 4.10. The number of rotatable bonds is 5. The number of halogens is 1. The molecule has 1 heterocycles. The lowest BCUT2D eigenvalue weighted by Gasteiger charge is -2.16. The number of hydrogen-bond acceptors (Lipinski definition) is 5. The lowest BCUT2D eigenvalue weighted by Crippen LogP contribution is -2.26. The maximum Gasteiger partial charge on any atom is 0.309 e. The summed E-state index contributed by atoms with van der Waals surface area (Å²) in [5, 5.41) is 18.8. The molecule has 1 aromatic heterocycles. The van der Waals surface area contributed by atoms with Gasteiger partial charge in [0.05, 0.1) is 17.4 Å². The second kappa shape index (κ2) is 5.57. The molecule has 22 heavy (non-hydrogen) atoms. The number of carboxylic acid groups (broad SMARTS) is 1. The van der Waals surface area contributed by atoms with E-state index < -0.39 is 23.0 Å². The Bertz CT molecular complexity index is 763. The van der Waals surface area contributed by atoms with Crippen LogP contribution in [0.4, 0.5) is 4.39 Å². The maximum absolute atomic E-state index is 14.1. The summed E-state index contributed by atoms with van der Waals surface area (Å²) >= 11 is 1.04. The first kappa shape index (κ1) is 16.2. The van der Waals surface area contributed by atoms with Gasteiger partial charge in [-0.25, -0.2) is 4.39 Å². The summed E-state index contributed by atoms with van der Waals surface area (Å²) in [7, 11) is 1.30. The normalized spacial score (nSPS) is 11.6. The summed E-state index contributed by atoms with van der Waals surface area (Å²) in [6.07, 6.45) is -0.195. The topological polar surface area (TPSA) is 83.8 Å².